The molecule has 0 fully saturated rings. The quantitative estimate of drug-likeness (QED) is 0.595. The van der Waals surface area contributed by atoms with Crippen LogP contribution in [0.3, 0.4) is 0 Å². The molecule has 0 bridgehead atoms. The van der Waals surface area contributed by atoms with Gasteiger partial charge in [-0.05, 0) is 65.5 Å². The number of nitrogens with zero attached hydrogens (tertiary/aromatic N) is 1. The van der Waals surface area contributed by atoms with Gasteiger partial charge in [0.1, 0.15) is 0 Å². The summed E-state index contributed by atoms with van der Waals surface area (Å²) in [6.45, 7) is 19.6. The highest BCUT2D eigenvalue weighted by Crippen LogP contribution is 2.23. The topological polar surface area (TPSA) is 12.4 Å². The summed E-state index contributed by atoms with van der Waals surface area (Å²) in [5, 5.41) is 0. The molecule has 0 aliphatic carbocycles. The molecule has 0 aromatic rings. The van der Waals surface area contributed by atoms with Gasteiger partial charge in [0.15, 0.2) is 0 Å². The summed E-state index contributed by atoms with van der Waals surface area (Å²) in [7, 11) is 0. The maximum atomic E-state index is 4.84. The van der Waals surface area contributed by atoms with Gasteiger partial charge in [0.25, 0.3) is 0 Å². The van der Waals surface area contributed by atoms with Crippen molar-refractivity contribution in [2.45, 2.75) is 68.4 Å². The average molecular weight is 235 g/mol. The molecule has 0 rings (SSSR count). The van der Waals surface area contributed by atoms with Gasteiger partial charge >= 0.3 is 0 Å². The molecular weight excluding hydrogens is 206 g/mol. The molecule has 17 heavy (non-hydrogen) atoms. The lowest BCUT2D eigenvalue weighted by Gasteiger charge is -2.20. The minimum absolute atomic E-state index is 0.340. The molecular formula is C16H29N. The normalized spacial score (nSPS) is 12.1. The smallest absolute Gasteiger partial charge is 0.0639 e. The second-order valence-electron chi connectivity index (χ2n) is 5.76. The molecule has 0 amide bonds. The maximum Gasteiger partial charge on any atom is 0.0639 e. The zero-order valence-corrected chi connectivity index (χ0v) is 13.1. The van der Waals surface area contributed by atoms with E-state index in [4.69, 9.17) is 4.99 Å². The van der Waals surface area contributed by atoms with Crippen LogP contribution in [0.25, 0.3) is 0 Å². The summed E-state index contributed by atoms with van der Waals surface area (Å²) in [5.74, 6) is 0.520. The van der Waals surface area contributed by atoms with Crippen molar-refractivity contribution in [2.24, 2.45) is 10.9 Å². The van der Waals surface area contributed by atoms with E-state index in [1.54, 1.807) is 0 Å². The second kappa shape index (κ2) is 6.78. The molecule has 0 aliphatic rings. The molecule has 0 aromatic carbocycles. The molecule has 1 nitrogen and oxygen atoms in total. The van der Waals surface area contributed by atoms with Crippen LogP contribution in [0.15, 0.2) is 27.3 Å². The predicted octanol–water partition coefficient (Wildman–Crippen LogP) is 5.18. The van der Waals surface area contributed by atoms with Gasteiger partial charge in [0.2, 0.25) is 0 Å². The van der Waals surface area contributed by atoms with Crippen LogP contribution in [0.1, 0.15) is 62.3 Å². The Kier molecular flexibility index (Phi) is 6.44. The largest absolute Gasteiger partial charge is 0.282 e. The predicted molar refractivity (Wildman–Crippen MR) is 79.8 cm³/mol. The minimum Gasteiger partial charge on any atom is -0.282 e. The fourth-order valence-electron chi connectivity index (χ4n) is 1.95. The van der Waals surface area contributed by atoms with Crippen LogP contribution in [0.2, 0.25) is 0 Å². The lowest BCUT2D eigenvalue weighted by molar-refractivity contribution is 0.778. The summed E-state index contributed by atoms with van der Waals surface area (Å²) >= 11 is 0. The van der Waals surface area contributed by atoms with Crippen molar-refractivity contribution < 1.29 is 0 Å². The Morgan fingerprint density at radius 1 is 0.765 bits per heavy atom. The fourth-order valence-corrected chi connectivity index (χ4v) is 1.95. The molecule has 0 unspecified atom stereocenters. The number of aliphatic imine (C=N–C) groups is 1. The molecule has 0 saturated heterocycles. The molecule has 0 aliphatic heterocycles. The molecule has 98 valence electrons. The minimum atomic E-state index is 0.340. The van der Waals surface area contributed by atoms with Crippen LogP contribution in [0.4, 0.5) is 0 Å². The van der Waals surface area contributed by atoms with Gasteiger partial charge in [-0.3, -0.25) is 4.99 Å². The third kappa shape index (κ3) is 4.89. The Hall–Kier alpha value is -0.850. The van der Waals surface area contributed by atoms with Crippen LogP contribution >= 0.6 is 0 Å². The van der Waals surface area contributed by atoms with E-state index < -0.39 is 0 Å². The van der Waals surface area contributed by atoms with E-state index in [0.717, 1.165) is 0 Å². The first kappa shape index (κ1) is 16.1. The van der Waals surface area contributed by atoms with E-state index in [9.17, 15) is 0 Å². The van der Waals surface area contributed by atoms with Crippen LogP contribution in [0.5, 0.6) is 0 Å². The van der Waals surface area contributed by atoms with Crippen LogP contribution in [0, 0.1) is 5.92 Å². The van der Waals surface area contributed by atoms with E-state index in [2.05, 4.69) is 62.3 Å². The summed E-state index contributed by atoms with van der Waals surface area (Å²) in [6.07, 6.45) is 0. The van der Waals surface area contributed by atoms with Gasteiger partial charge in [0.05, 0.1) is 5.71 Å². The molecule has 0 N–H and O–H groups in total. The van der Waals surface area contributed by atoms with E-state index in [0.29, 0.717) is 12.0 Å². The molecule has 0 spiro atoms. The molecule has 0 radical (unpaired) electrons. The average Bonchev–Trinajstić information content (AvgIpc) is 2.13. The van der Waals surface area contributed by atoms with Gasteiger partial charge in [-0.15, -0.1) is 0 Å². The first-order chi connectivity index (χ1) is 7.68. The molecule has 0 aromatic heterocycles. The number of rotatable bonds is 4. The van der Waals surface area contributed by atoms with Gasteiger partial charge in [-0.25, -0.2) is 0 Å². The zero-order valence-electron chi connectivity index (χ0n) is 13.1. The fraction of sp³-hybridized carbons (Fsp3) is 0.688. The van der Waals surface area contributed by atoms with Crippen molar-refractivity contribution in [3.05, 3.63) is 22.3 Å². The van der Waals surface area contributed by atoms with E-state index >= 15 is 0 Å². The number of hydrogen-bond acceptors (Lipinski definition) is 1. The first-order valence-corrected chi connectivity index (χ1v) is 6.58. The van der Waals surface area contributed by atoms with E-state index in [-0.39, 0.29) is 0 Å². The maximum absolute atomic E-state index is 4.84. The highest BCUT2D eigenvalue weighted by molar-refractivity contribution is 6.13. The van der Waals surface area contributed by atoms with Crippen molar-refractivity contribution in [2.75, 3.05) is 0 Å². The number of hydrogen-bond donors (Lipinski definition) is 0. The number of allylic oxidation sites excluding steroid dienone is 4. The van der Waals surface area contributed by atoms with E-state index in [1.165, 1.54) is 28.0 Å². The summed E-state index contributed by atoms with van der Waals surface area (Å²) < 4.78 is 0. The van der Waals surface area contributed by atoms with Crippen molar-refractivity contribution in [1.29, 1.82) is 0 Å². The van der Waals surface area contributed by atoms with Crippen LogP contribution in [-0.2, 0) is 0 Å². The van der Waals surface area contributed by atoms with Crippen molar-refractivity contribution in [3.8, 4) is 0 Å². The summed E-state index contributed by atoms with van der Waals surface area (Å²) in [4.78, 5) is 4.84. The van der Waals surface area contributed by atoms with Gasteiger partial charge in [-0.2, -0.15) is 0 Å². The van der Waals surface area contributed by atoms with Crippen LogP contribution in [-0.4, -0.2) is 11.8 Å². The lowest BCUT2D eigenvalue weighted by Crippen LogP contribution is -2.15. The molecule has 0 saturated carbocycles. The third-order valence-corrected chi connectivity index (χ3v) is 2.86. The third-order valence-electron chi connectivity index (χ3n) is 2.86. The van der Waals surface area contributed by atoms with Crippen molar-refractivity contribution >= 4 is 5.71 Å². The zero-order chi connectivity index (χ0) is 13.7. The second-order valence-corrected chi connectivity index (χ2v) is 5.76. The highest BCUT2D eigenvalue weighted by Gasteiger charge is 2.15. The Labute approximate surface area is 108 Å². The Bertz CT molecular complexity index is 344. The van der Waals surface area contributed by atoms with Gasteiger partial charge in [-0.1, -0.05) is 25.0 Å². The van der Waals surface area contributed by atoms with E-state index in [1.807, 2.05) is 0 Å². The van der Waals surface area contributed by atoms with Crippen molar-refractivity contribution in [1.82, 2.24) is 0 Å². The Morgan fingerprint density at radius 2 is 1.24 bits per heavy atom. The first-order valence-electron chi connectivity index (χ1n) is 6.58. The monoisotopic (exact) mass is 235 g/mol. The standard InChI is InChI=1S/C16H29N/c1-10(2)14(9)16(17-13(7)8)15(11(3)4)12(5)6/h11,13H,1-9H3. The summed E-state index contributed by atoms with van der Waals surface area (Å²) in [5.41, 5.74) is 6.65. The van der Waals surface area contributed by atoms with Gasteiger partial charge < -0.3 is 0 Å². The highest BCUT2D eigenvalue weighted by atomic mass is 14.8. The molecule has 1 heteroatoms. The molecule has 0 atom stereocenters. The Morgan fingerprint density at radius 3 is 1.47 bits per heavy atom. The SMILES string of the molecule is CC(C)=C(C)C(=NC(C)C)C(=C(C)C)C(C)C. The summed E-state index contributed by atoms with van der Waals surface area (Å²) in [6, 6.07) is 0.340. The lowest BCUT2D eigenvalue weighted by atomic mass is 9.89. The Balaban J connectivity index is 5.83. The molecule has 0 heterocycles. The van der Waals surface area contributed by atoms with Crippen molar-refractivity contribution in [3.63, 3.8) is 0 Å². The van der Waals surface area contributed by atoms with Gasteiger partial charge in [0, 0.05) is 6.04 Å². The van der Waals surface area contributed by atoms with Crippen LogP contribution < -0.4 is 0 Å².